The number of alkyl halides is 3. The highest BCUT2D eigenvalue weighted by molar-refractivity contribution is 6.15. The van der Waals surface area contributed by atoms with Crippen LogP contribution in [0.1, 0.15) is 50.5 Å². The summed E-state index contributed by atoms with van der Waals surface area (Å²) < 4.78 is 40.0. The largest absolute Gasteiger partial charge is 0.416 e. The van der Waals surface area contributed by atoms with E-state index in [4.69, 9.17) is 0 Å². The van der Waals surface area contributed by atoms with Crippen LogP contribution in [0.4, 0.5) is 18.9 Å². The molecule has 0 bridgehead atoms. The minimum atomic E-state index is -4.48. The molecule has 2 atom stereocenters. The van der Waals surface area contributed by atoms with E-state index in [1.165, 1.54) is 12.1 Å². The molecule has 1 aliphatic heterocycles. The number of hydrogen-bond acceptors (Lipinski definition) is 2. The molecule has 184 valence electrons. The lowest BCUT2D eigenvalue weighted by Crippen LogP contribution is -2.49. The van der Waals surface area contributed by atoms with Gasteiger partial charge in [0.15, 0.2) is 5.78 Å². The summed E-state index contributed by atoms with van der Waals surface area (Å²) in [6, 6.07) is 29.2. The fraction of sp³-hybridized carbons (Fsp3) is 0.161. The van der Waals surface area contributed by atoms with Gasteiger partial charge in [-0.2, -0.15) is 13.2 Å². The zero-order chi connectivity index (χ0) is 25.8. The molecule has 6 rings (SSSR count). The van der Waals surface area contributed by atoms with Gasteiger partial charge >= 0.3 is 6.18 Å². The van der Waals surface area contributed by atoms with Crippen LogP contribution in [0.5, 0.6) is 0 Å². The van der Waals surface area contributed by atoms with Crippen molar-refractivity contribution < 1.29 is 22.8 Å². The van der Waals surface area contributed by atoms with Crippen LogP contribution in [0, 0.1) is 0 Å². The number of para-hydroxylation sites is 1. The van der Waals surface area contributed by atoms with Crippen molar-refractivity contribution in [3.8, 4) is 0 Å². The molecule has 0 aromatic heterocycles. The van der Waals surface area contributed by atoms with Gasteiger partial charge in [-0.3, -0.25) is 9.59 Å². The van der Waals surface area contributed by atoms with Crippen LogP contribution in [0.3, 0.4) is 0 Å². The average molecular weight is 498 g/mol. The Morgan fingerprint density at radius 2 is 1.38 bits per heavy atom. The van der Waals surface area contributed by atoms with Crippen LogP contribution in [0.15, 0.2) is 103 Å². The van der Waals surface area contributed by atoms with E-state index in [9.17, 15) is 22.8 Å². The maximum Gasteiger partial charge on any atom is 0.416 e. The maximum atomic E-state index is 14.7. The lowest BCUT2D eigenvalue weighted by molar-refractivity contribution is -0.137. The molecule has 3 nitrogen and oxygen atoms in total. The van der Waals surface area contributed by atoms with Gasteiger partial charge in [0.1, 0.15) is 5.41 Å². The number of carbonyl (C=O) groups is 2. The molecular formula is C31H22F3NO2. The third-order valence-corrected chi connectivity index (χ3v) is 7.59. The van der Waals surface area contributed by atoms with E-state index in [0.29, 0.717) is 23.2 Å². The van der Waals surface area contributed by atoms with Gasteiger partial charge in [0.05, 0.1) is 12.1 Å². The first-order chi connectivity index (χ1) is 17.8. The highest BCUT2D eigenvalue weighted by Crippen LogP contribution is 2.58. The molecule has 2 aliphatic rings. The van der Waals surface area contributed by atoms with Crippen molar-refractivity contribution in [1.29, 1.82) is 0 Å². The fourth-order valence-corrected chi connectivity index (χ4v) is 5.98. The summed E-state index contributed by atoms with van der Waals surface area (Å²) in [5, 5.41) is 0. The van der Waals surface area contributed by atoms with Gasteiger partial charge in [0.2, 0.25) is 5.91 Å². The Kier molecular flexibility index (Phi) is 5.30. The molecule has 0 unspecified atom stereocenters. The van der Waals surface area contributed by atoms with Crippen molar-refractivity contribution in [2.75, 3.05) is 4.90 Å². The lowest BCUT2D eigenvalue weighted by atomic mass is 9.58. The quantitative estimate of drug-likeness (QED) is 0.309. The molecule has 0 saturated heterocycles. The van der Waals surface area contributed by atoms with E-state index in [1.807, 2.05) is 60.7 Å². The molecule has 37 heavy (non-hydrogen) atoms. The van der Waals surface area contributed by atoms with E-state index in [0.717, 1.165) is 28.9 Å². The van der Waals surface area contributed by atoms with Crippen LogP contribution >= 0.6 is 0 Å². The maximum absolute atomic E-state index is 14.7. The van der Waals surface area contributed by atoms with E-state index >= 15 is 0 Å². The first-order valence-electron chi connectivity index (χ1n) is 12.1. The van der Waals surface area contributed by atoms with Gasteiger partial charge in [-0.05, 0) is 40.5 Å². The lowest BCUT2D eigenvalue weighted by Gasteiger charge is -2.41. The van der Waals surface area contributed by atoms with Gasteiger partial charge in [-0.25, -0.2) is 0 Å². The van der Waals surface area contributed by atoms with Crippen LogP contribution in [-0.2, 0) is 22.9 Å². The van der Waals surface area contributed by atoms with E-state index in [1.54, 1.807) is 23.1 Å². The van der Waals surface area contributed by atoms with Gasteiger partial charge in [0.25, 0.3) is 0 Å². The molecule has 1 spiro atoms. The summed E-state index contributed by atoms with van der Waals surface area (Å²) in [6.07, 6.45) is -4.46. The van der Waals surface area contributed by atoms with Crippen molar-refractivity contribution in [2.45, 2.75) is 30.5 Å². The first-order valence-corrected chi connectivity index (χ1v) is 12.1. The number of halogens is 3. The zero-order valence-corrected chi connectivity index (χ0v) is 19.7. The minimum absolute atomic E-state index is 0.0155. The molecule has 4 aromatic rings. The average Bonchev–Trinajstić information content (AvgIpc) is 3.15. The number of fused-ring (bicyclic) bond motifs is 4. The Labute approximate surface area is 212 Å². The van der Waals surface area contributed by atoms with Crippen LogP contribution in [0.25, 0.3) is 0 Å². The molecular weight excluding hydrogens is 475 g/mol. The number of nitrogens with zero attached hydrogens (tertiary/aromatic N) is 1. The van der Waals surface area contributed by atoms with E-state index in [2.05, 4.69) is 0 Å². The van der Waals surface area contributed by atoms with Gasteiger partial charge in [0, 0.05) is 23.6 Å². The Morgan fingerprint density at radius 3 is 2.08 bits per heavy atom. The standard InChI is InChI=1S/C31H22F3NO2/c32-31(33,34)22-16-14-21(15-17-22)26-18-28(36)23-10-4-5-11-24(23)30(26)25-12-6-7-13-27(25)35(29(30)37)19-20-8-2-1-3-9-20/h1-17,26H,18-19H2/t26-,30-/m0/s1. The molecule has 0 fully saturated rings. The Bertz CT molecular complexity index is 1510. The number of hydrogen-bond donors (Lipinski definition) is 0. The molecule has 1 heterocycles. The third-order valence-electron chi connectivity index (χ3n) is 7.59. The monoisotopic (exact) mass is 497 g/mol. The first kappa shape index (κ1) is 23.2. The third kappa shape index (κ3) is 3.50. The summed E-state index contributed by atoms with van der Waals surface area (Å²) in [5.74, 6) is -0.966. The highest BCUT2D eigenvalue weighted by atomic mass is 19.4. The number of benzene rings is 4. The number of carbonyl (C=O) groups excluding carboxylic acids is 2. The second-order valence-electron chi connectivity index (χ2n) is 9.55. The zero-order valence-electron chi connectivity index (χ0n) is 19.7. The van der Waals surface area contributed by atoms with E-state index in [-0.39, 0.29) is 18.1 Å². The SMILES string of the molecule is O=C1C[C@@H](c2ccc(C(F)(F)F)cc2)[C@]2(C(=O)N(Cc3ccccc3)c3ccccc32)c2ccccc21. The van der Waals surface area contributed by atoms with Crippen molar-refractivity contribution >= 4 is 17.4 Å². The molecule has 0 radical (unpaired) electrons. The topological polar surface area (TPSA) is 37.4 Å². The summed E-state index contributed by atoms with van der Waals surface area (Å²) >= 11 is 0. The molecule has 0 saturated carbocycles. The summed E-state index contributed by atoms with van der Waals surface area (Å²) in [5.41, 5.74) is 2.07. The van der Waals surface area contributed by atoms with Crippen molar-refractivity contribution in [2.24, 2.45) is 0 Å². The number of anilines is 1. The number of rotatable bonds is 3. The minimum Gasteiger partial charge on any atom is -0.307 e. The smallest absolute Gasteiger partial charge is 0.307 e. The highest BCUT2D eigenvalue weighted by Gasteiger charge is 2.60. The number of Topliss-reactive ketones (excluding diaryl/α,β-unsaturated/α-hetero) is 1. The number of amides is 1. The molecule has 1 amide bonds. The van der Waals surface area contributed by atoms with Gasteiger partial charge in [-0.1, -0.05) is 84.9 Å². The van der Waals surface area contributed by atoms with Crippen molar-refractivity contribution in [3.63, 3.8) is 0 Å². The Hall–Kier alpha value is -4.19. The predicted molar refractivity (Wildman–Crippen MR) is 134 cm³/mol. The fourth-order valence-electron chi connectivity index (χ4n) is 5.98. The van der Waals surface area contributed by atoms with E-state index < -0.39 is 23.1 Å². The molecule has 4 aromatic carbocycles. The second-order valence-corrected chi connectivity index (χ2v) is 9.55. The normalized spacial score (nSPS) is 20.7. The van der Waals surface area contributed by atoms with Crippen molar-refractivity contribution in [3.05, 3.63) is 137 Å². The Morgan fingerprint density at radius 1 is 0.757 bits per heavy atom. The predicted octanol–water partition coefficient (Wildman–Crippen LogP) is 6.91. The summed E-state index contributed by atoms with van der Waals surface area (Å²) in [4.78, 5) is 29.7. The van der Waals surface area contributed by atoms with Crippen LogP contribution in [0.2, 0.25) is 0 Å². The van der Waals surface area contributed by atoms with Crippen LogP contribution < -0.4 is 4.90 Å². The van der Waals surface area contributed by atoms with Crippen molar-refractivity contribution in [1.82, 2.24) is 0 Å². The second kappa shape index (κ2) is 8.44. The molecule has 0 N–H and O–H groups in total. The summed E-state index contributed by atoms with van der Waals surface area (Å²) in [7, 11) is 0. The summed E-state index contributed by atoms with van der Waals surface area (Å²) in [6.45, 7) is 0.342. The molecule has 1 aliphatic carbocycles. The number of ketones is 1. The van der Waals surface area contributed by atoms with Gasteiger partial charge < -0.3 is 4.90 Å². The van der Waals surface area contributed by atoms with Crippen LogP contribution in [-0.4, -0.2) is 11.7 Å². The molecule has 6 heteroatoms. The van der Waals surface area contributed by atoms with Gasteiger partial charge in [-0.15, -0.1) is 0 Å². The Balaban J connectivity index is 1.59.